The topological polar surface area (TPSA) is 46.2 Å². The molecule has 3 nitrogen and oxygen atoms in total. The number of hydrogen-bond donors (Lipinski definition) is 1. The van der Waals surface area contributed by atoms with Gasteiger partial charge in [0, 0.05) is 21.2 Å². The molecular formula is C17H13Cl2NO2S. The molecule has 23 heavy (non-hydrogen) atoms. The number of halogens is 2. The van der Waals surface area contributed by atoms with Crippen molar-refractivity contribution < 1.29 is 9.59 Å². The number of nitrogens with one attached hydrogen (secondary N) is 1. The fourth-order valence-corrected chi connectivity index (χ4v) is 3.97. The summed E-state index contributed by atoms with van der Waals surface area (Å²) in [6, 6.07) is 9.88. The van der Waals surface area contributed by atoms with E-state index in [-0.39, 0.29) is 16.7 Å². The van der Waals surface area contributed by atoms with Crippen molar-refractivity contribution in [3.05, 3.63) is 63.1 Å². The molecule has 1 N–H and O–H groups in total. The maximum Gasteiger partial charge on any atom is 0.253 e. The maximum absolute atomic E-state index is 12.6. The minimum atomic E-state index is -0.562. The third-order valence-corrected chi connectivity index (χ3v) is 5.32. The Labute approximate surface area is 148 Å². The van der Waals surface area contributed by atoms with E-state index in [1.165, 1.54) is 6.07 Å². The van der Waals surface area contributed by atoms with E-state index in [1.54, 1.807) is 23.9 Å². The van der Waals surface area contributed by atoms with E-state index in [0.29, 0.717) is 21.9 Å². The summed E-state index contributed by atoms with van der Waals surface area (Å²) < 4.78 is 0. The zero-order valence-corrected chi connectivity index (χ0v) is 14.6. The molecule has 1 atom stereocenters. The van der Waals surface area contributed by atoms with E-state index in [1.807, 2.05) is 25.1 Å². The zero-order valence-electron chi connectivity index (χ0n) is 12.2. The maximum atomic E-state index is 12.6. The number of fused-ring (bicyclic) bond motifs is 1. The molecule has 0 aliphatic carbocycles. The predicted molar refractivity (Wildman–Crippen MR) is 93.9 cm³/mol. The van der Waals surface area contributed by atoms with E-state index in [0.717, 1.165) is 10.5 Å². The Morgan fingerprint density at radius 3 is 2.74 bits per heavy atom. The number of rotatable bonds is 2. The molecule has 2 aromatic carbocycles. The Morgan fingerprint density at radius 2 is 2.00 bits per heavy atom. The molecule has 0 saturated heterocycles. The van der Waals surface area contributed by atoms with Crippen molar-refractivity contribution in [1.29, 1.82) is 0 Å². The van der Waals surface area contributed by atoms with Crippen molar-refractivity contribution in [2.24, 2.45) is 0 Å². The monoisotopic (exact) mass is 365 g/mol. The number of hydrogen-bond acceptors (Lipinski definition) is 3. The molecular weight excluding hydrogens is 353 g/mol. The Morgan fingerprint density at radius 1 is 1.22 bits per heavy atom. The Kier molecular flexibility index (Phi) is 4.67. The van der Waals surface area contributed by atoms with Crippen molar-refractivity contribution in [1.82, 2.24) is 5.32 Å². The highest BCUT2D eigenvalue weighted by atomic mass is 35.5. The van der Waals surface area contributed by atoms with E-state index >= 15 is 0 Å². The number of benzene rings is 2. The average Bonchev–Trinajstić information content (AvgIpc) is 2.50. The SMILES string of the molecule is Cc1ccc2c(c1)C(=O)[C@H](NC(=O)c1ccc(Cl)cc1Cl)CS2. The lowest BCUT2D eigenvalue weighted by atomic mass is 10.0. The lowest BCUT2D eigenvalue weighted by Crippen LogP contribution is -2.44. The summed E-state index contributed by atoms with van der Waals surface area (Å²) in [4.78, 5) is 25.9. The molecule has 0 bridgehead atoms. The molecule has 0 fully saturated rings. The van der Waals surface area contributed by atoms with Crippen molar-refractivity contribution in [3.63, 3.8) is 0 Å². The van der Waals surface area contributed by atoms with Gasteiger partial charge in [0.25, 0.3) is 5.91 Å². The second-order valence-electron chi connectivity index (χ2n) is 5.33. The van der Waals surface area contributed by atoms with Crippen LogP contribution in [-0.2, 0) is 0 Å². The minimum Gasteiger partial charge on any atom is -0.341 e. The van der Waals surface area contributed by atoms with Gasteiger partial charge in [-0.15, -0.1) is 11.8 Å². The number of thioether (sulfide) groups is 1. The van der Waals surface area contributed by atoms with Crippen molar-refractivity contribution in [2.45, 2.75) is 17.9 Å². The van der Waals surface area contributed by atoms with Crippen LogP contribution in [0.25, 0.3) is 0 Å². The molecule has 0 saturated carbocycles. The summed E-state index contributed by atoms with van der Waals surface area (Å²) >= 11 is 13.4. The molecule has 0 spiro atoms. The third kappa shape index (κ3) is 3.39. The molecule has 1 aliphatic rings. The zero-order chi connectivity index (χ0) is 16.6. The van der Waals surface area contributed by atoms with Gasteiger partial charge in [-0.3, -0.25) is 9.59 Å². The highest BCUT2D eigenvalue weighted by Crippen LogP contribution is 2.31. The van der Waals surface area contributed by atoms with Crippen LogP contribution in [0.1, 0.15) is 26.3 Å². The quantitative estimate of drug-likeness (QED) is 0.858. The number of ketones is 1. The number of amides is 1. The molecule has 1 amide bonds. The normalized spacial score (nSPS) is 16.8. The van der Waals surface area contributed by atoms with E-state index < -0.39 is 6.04 Å². The minimum absolute atomic E-state index is 0.0686. The fraction of sp³-hybridized carbons (Fsp3) is 0.176. The Bertz CT molecular complexity index is 807. The number of aryl methyl sites for hydroxylation is 1. The molecule has 6 heteroatoms. The smallest absolute Gasteiger partial charge is 0.253 e. The highest BCUT2D eigenvalue weighted by Gasteiger charge is 2.29. The molecule has 1 heterocycles. The van der Waals surface area contributed by atoms with Gasteiger partial charge < -0.3 is 5.32 Å². The first kappa shape index (κ1) is 16.4. The van der Waals surface area contributed by atoms with Crippen molar-refractivity contribution in [3.8, 4) is 0 Å². The van der Waals surface area contributed by atoms with E-state index in [2.05, 4.69) is 5.32 Å². The first-order valence-electron chi connectivity index (χ1n) is 6.99. The van der Waals surface area contributed by atoms with Gasteiger partial charge in [0.1, 0.15) is 6.04 Å². The van der Waals surface area contributed by atoms with Gasteiger partial charge in [0.2, 0.25) is 0 Å². The summed E-state index contributed by atoms with van der Waals surface area (Å²) in [6.45, 7) is 1.94. The average molecular weight is 366 g/mol. The number of carbonyl (C=O) groups is 2. The first-order chi connectivity index (χ1) is 11.0. The van der Waals surface area contributed by atoms with Crippen LogP contribution in [-0.4, -0.2) is 23.5 Å². The second-order valence-corrected chi connectivity index (χ2v) is 7.23. The fourth-order valence-electron chi connectivity index (χ4n) is 2.42. The lowest BCUT2D eigenvalue weighted by molar-refractivity contribution is 0.0864. The molecule has 0 aromatic heterocycles. The van der Waals surface area contributed by atoms with Crippen LogP contribution in [0, 0.1) is 6.92 Å². The largest absolute Gasteiger partial charge is 0.341 e. The summed E-state index contributed by atoms with van der Waals surface area (Å²) in [5.41, 5.74) is 1.99. The van der Waals surface area contributed by atoms with Crippen LogP contribution in [0.5, 0.6) is 0 Å². The van der Waals surface area contributed by atoms with Gasteiger partial charge in [-0.05, 0) is 37.3 Å². The van der Waals surface area contributed by atoms with E-state index in [4.69, 9.17) is 23.2 Å². The van der Waals surface area contributed by atoms with Gasteiger partial charge in [0.05, 0.1) is 10.6 Å². The summed E-state index contributed by atoms with van der Waals surface area (Å²) in [7, 11) is 0. The summed E-state index contributed by atoms with van der Waals surface area (Å²) in [5.74, 6) is 0.0638. The number of carbonyl (C=O) groups excluding carboxylic acids is 2. The van der Waals surface area contributed by atoms with Crippen molar-refractivity contribution >= 4 is 46.7 Å². The summed E-state index contributed by atoms with van der Waals surface area (Å²) in [6.07, 6.45) is 0. The lowest BCUT2D eigenvalue weighted by Gasteiger charge is -2.24. The van der Waals surface area contributed by atoms with Crippen LogP contribution in [0.2, 0.25) is 10.0 Å². The second kappa shape index (κ2) is 6.56. The molecule has 0 unspecified atom stereocenters. The van der Waals surface area contributed by atoms with Crippen LogP contribution >= 0.6 is 35.0 Å². The first-order valence-corrected chi connectivity index (χ1v) is 8.73. The molecule has 3 rings (SSSR count). The van der Waals surface area contributed by atoms with Gasteiger partial charge in [-0.2, -0.15) is 0 Å². The predicted octanol–water partition coefficient (Wildman–Crippen LogP) is 4.39. The van der Waals surface area contributed by atoms with Gasteiger partial charge in [-0.1, -0.05) is 34.8 Å². The molecule has 118 valence electrons. The van der Waals surface area contributed by atoms with Crippen molar-refractivity contribution in [2.75, 3.05) is 5.75 Å². The number of Topliss-reactive ketones (excluding diaryl/α,β-unsaturated/α-hetero) is 1. The Hall–Kier alpha value is -1.49. The van der Waals surface area contributed by atoms with Gasteiger partial charge in [0.15, 0.2) is 5.78 Å². The van der Waals surface area contributed by atoms with E-state index in [9.17, 15) is 9.59 Å². The third-order valence-electron chi connectivity index (χ3n) is 3.60. The van der Waals surface area contributed by atoms with Crippen LogP contribution < -0.4 is 5.32 Å². The highest BCUT2D eigenvalue weighted by molar-refractivity contribution is 7.99. The molecule has 2 aromatic rings. The van der Waals surface area contributed by atoms with Crippen LogP contribution in [0.15, 0.2) is 41.3 Å². The standard InChI is InChI=1S/C17H13Cl2NO2S/c1-9-2-5-15-12(6-9)16(21)14(8-23-15)20-17(22)11-4-3-10(18)7-13(11)19/h2-7,14H,8H2,1H3,(H,20,22)/t14-/m1/s1. The Balaban J connectivity index is 1.81. The molecule has 0 radical (unpaired) electrons. The van der Waals surface area contributed by atoms with Gasteiger partial charge >= 0.3 is 0 Å². The van der Waals surface area contributed by atoms with Crippen LogP contribution in [0.4, 0.5) is 0 Å². The van der Waals surface area contributed by atoms with Gasteiger partial charge in [-0.25, -0.2) is 0 Å². The summed E-state index contributed by atoms with van der Waals surface area (Å²) in [5, 5.41) is 3.49. The molecule has 1 aliphatic heterocycles. The van der Waals surface area contributed by atoms with Crippen LogP contribution in [0.3, 0.4) is 0 Å².